The minimum atomic E-state index is -0.416. The number of aromatic nitrogens is 1. The zero-order valence-corrected chi connectivity index (χ0v) is 18.7. The molecule has 0 unspecified atom stereocenters. The van der Waals surface area contributed by atoms with Crippen LogP contribution in [0.3, 0.4) is 0 Å². The molecule has 2 aromatic carbocycles. The van der Waals surface area contributed by atoms with E-state index in [1.54, 1.807) is 50.0 Å². The molecule has 0 spiro atoms. The van der Waals surface area contributed by atoms with E-state index in [0.717, 1.165) is 10.3 Å². The third kappa shape index (κ3) is 5.24. The Morgan fingerprint density at radius 3 is 2.29 bits per heavy atom. The fourth-order valence-electron chi connectivity index (χ4n) is 3.03. The smallest absolute Gasteiger partial charge is 0.326 e. The molecule has 0 aliphatic carbocycles. The molecule has 1 amide bonds. The van der Waals surface area contributed by atoms with Crippen molar-refractivity contribution in [3.05, 3.63) is 46.8 Å². The van der Waals surface area contributed by atoms with Crippen LogP contribution in [0.4, 0.5) is 0 Å². The van der Waals surface area contributed by atoms with Crippen molar-refractivity contribution in [1.82, 2.24) is 4.57 Å². The number of benzene rings is 2. The number of thiazole rings is 1. The number of amides is 1. The molecule has 0 aliphatic heterocycles. The number of carbonyl (C=O) groups excluding carboxylic acids is 2. The summed E-state index contributed by atoms with van der Waals surface area (Å²) in [5.74, 6) is 1.04. The molecular formula is C22H24N2O6S. The quantitative estimate of drug-likeness (QED) is 0.497. The highest BCUT2D eigenvalue weighted by atomic mass is 32.1. The van der Waals surface area contributed by atoms with Gasteiger partial charge in [0.2, 0.25) is 0 Å². The van der Waals surface area contributed by atoms with Crippen molar-refractivity contribution in [2.24, 2.45) is 4.99 Å². The summed E-state index contributed by atoms with van der Waals surface area (Å²) in [5.41, 5.74) is 1.52. The monoisotopic (exact) mass is 444 g/mol. The topological polar surface area (TPSA) is 88.4 Å². The fraction of sp³-hybridized carbons (Fsp3) is 0.318. The molecule has 1 heterocycles. The summed E-state index contributed by atoms with van der Waals surface area (Å²) in [6.45, 7) is 1.94. The van der Waals surface area contributed by atoms with Crippen molar-refractivity contribution in [3.8, 4) is 17.2 Å². The molecule has 3 aromatic rings. The van der Waals surface area contributed by atoms with E-state index >= 15 is 0 Å². The van der Waals surface area contributed by atoms with E-state index in [0.29, 0.717) is 27.6 Å². The summed E-state index contributed by atoms with van der Waals surface area (Å²) in [7, 11) is 4.67. The zero-order valence-electron chi connectivity index (χ0n) is 17.8. The van der Waals surface area contributed by atoms with Gasteiger partial charge < -0.3 is 23.5 Å². The Kier molecular flexibility index (Phi) is 7.30. The van der Waals surface area contributed by atoms with Gasteiger partial charge in [-0.3, -0.25) is 9.59 Å². The lowest BCUT2D eigenvalue weighted by Gasteiger charge is -2.09. The van der Waals surface area contributed by atoms with Crippen LogP contribution >= 0.6 is 11.3 Å². The average Bonchev–Trinajstić information content (AvgIpc) is 3.08. The van der Waals surface area contributed by atoms with Gasteiger partial charge in [0.05, 0.1) is 44.6 Å². The van der Waals surface area contributed by atoms with Crippen LogP contribution in [0.25, 0.3) is 10.2 Å². The van der Waals surface area contributed by atoms with Gasteiger partial charge >= 0.3 is 5.97 Å². The number of ether oxygens (including phenoxy) is 4. The first kappa shape index (κ1) is 22.4. The van der Waals surface area contributed by atoms with E-state index < -0.39 is 5.97 Å². The first-order valence-electron chi connectivity index (χ1n) is 9.60. The van der Waals surface area contributed by atoms with Crippen LogP contribution in [0.1, 0.15) is 12.5 Å². The third-order valence-electron chi connectivity index (χ3n) is 4.52. The summed E-state index contributed by atoms with van der Waals surface area (Å²) in [5, 5.41) is 0. The van der Waals surface area contributed by atoms with E-state index in [1.165, 1.54) is 18.4 Å². The van der Waals surface area contributed by atoms with Crippen molar-refractivity contribution in [1.29, 1.82) is 0 Å². The van der Waals surface area contributed by atoms with E-state index in [4.69, 9.17) is 18.9 Å². The second-order valence-electron chi connectivity index (χ2n) is 6.48. The molecule has 0 fully saturated rings. The van der Waals surface area contributed by atoms with Gasteiger partial charge in [-0.05, 0) is 24.6 Å². The van der Waals surface area contributed by atoms with E-state index in [1.807, 2.05) is 12.1 Å². The second-order valence-corrected chi connectivity index (χ2v) is 7.49. The largest absolute Gasteiger partial charge is 0.497 e. The molecule has 0 radical (unpaired) electrons. The standard InChI is InChI=1S/C22H24N2O6S/c1-5-30-21(26)13-24-16-11-17(28-3)18(29-4)12-19(16)31-22(24)23-20(25)10-14-6-8-15(27-2)9-7-14/h6-9,11-12H,5,10,13H2,1-4H3. The van der Waals surface area contributed by atoms with Crippen molar-refractivity contribution in [2.75, 3.05) is 27.9 Å². The average molecular weight is 445 g/mol. The maximum Gasteiger partial charge on any atom is 0.326 e. The van der Waals surface area contributed by atoms with Crippen molar-refractivity contribution in [2.45, 2.75) is 19.9 Å². The van der Waals surface area contributed by atoms with E-state index in [-0.39, 0.29) is 25.5 Å². The molecule has 0 bridgehead atoms. The minimum Gasteiger partial charge on any atom is -0.497 e. The normalized spacial score (nSPS) is 11.4. The van der Waals surface area contributed by atoms with E-state index in [2.05, 4.69) is 4.99 Å². The summed E-state index contributed by atoms with van der Waals surface area (Å²) in [4.78, 5) is 29.5. The van der Waals surface area contributed by atoms with Gasteiger partial charge in [0, 0.05) is 12.1 Å². The molecule has 9 heteroatoms. The summed E-state index contributed by atoms with van der Waals surface area (Å²) in [6, 6.07) is 10.8. The molecule has 0 saturated heterocycles. The second kappa shape index (κ2) is 10.1. The number of rotatable bonds is 8. The molecule has 8 nitrogen and oxygen atoms in total. The molecule has 1 aromatic heterocycles. The summed E-state index contributed by atoms with van der Waals surface area (Å²) in [6.07, 6.45) is 0.129. The Bertz CT molecular complexity index is 1150. The molecule has 31 heavy (non-hydrogen) atoms. The lowest BCUT2D eigenvalue weighted by Crippen LogP contribution is -2.23. The van der Waals surface area contributed by atoms with Gasteiger partial charge in [-0.2, -0.15) is 4.99 Å². The lowest BCUT2D eigenvalue weighted by molar-refractivity contribution is -0.143. The Balaban J connectivity index is 2.03. The maximum atomic E-state index is 12.7. The van der Waals surface area contributed by atoms with Crippen LogP contribution in [0.5, 0.6) is 17.2 Å². The van der Waals surface area contributed by atoms with Gasteiger partial charge in [-0.25, -0.2) is 0 Å². The number of hydrogen-bond acceptors (Lipinski definition) is 7. The van der Waals surface area contributed by atoms with Crippen molar-refractivity contribution >= 4 is 33.4 Å². The first-order valence-corrected chi connectivity index (χ1v) is 10.4. The number of carbonyl (C=O) groups is 2. The van der Waals surface area contributed by atoms with Crippen LogP contribution in [0.2, 0.25) is 0 Å². The highest BCUT2D eigenvalue weighted by Gasteiger charge is 2.16. The van der Waals surface area contributed by atoms with Crippen LogP contribution < -0.4 is 19.0 Å². The minimum absolute atomic E-state index is 0.0715. The predicted molar refractivity (Wildman–Crippen MR) is 117 cm³/mol. The van der Waals surface area contributed by atoms with Gasteiger partial charge in [-0.15, -0.1) is 0 Å². The zero-order chi connectivity index (χ0) is 22.4. The maximum absolute atomic E-state index is 12.7. The third-order valence-corrected chi connectivity index (χ3v) is 5.56. The van der Waals surface area contributed by atoms with E-state index in [9.17, 15) is 9.59 Å². The number of methoxy groups -OCH3 is 3. The van der Waals surface area contributed by atoms with Crippen LogP contribution in [-0.2, 0) is 27.3 Å². The molecule has 0 saturated carbocycles. The fourth-order valence-corrected chi connectivity index (χ4v) is 4.09. The van der Waals surface area contributed by atoms with Gasteiger partial charge in [0.15, 0.2) is 16.3 Å². The Morgan fingerprint density at radius 1 is 1.00 bits per heavy atom. The number of esters is 1. The number of fused-ring (bicyclic) bond motifs is 1. The molecule has 164 valence electrons. The van der Waals surface area contributed by atoms with Crippen LogP contribution in [-0.4, -0.2) is 44.4 Å². The highest BCUT2D eigenvalue weighted by Crippen LogP contribution is 2.33. The Hall–Kier alpha value is -3.33. The molecule has 0 atom stereocenters. The van der Waals surface area contributed by atoms with Crippen molar-refractivity contribution in [3.63, 3.8) is 0 Å². The summed E-state index contributed by atoms with van der Waals surface area (Å²) >= 11 is 1.29. The lowest BCUT2D eigenvalue weighted by atomic mass is 10.1. The van der Waals surface area contributed by atoms with Gasteiger partial charge in [-0.1, -0.05) is 23.5 Å². The van der Waals surface area contributed by atoms with Crippen LogP contribution in [0, 0.1) is 0 Å². The number of nitrogens with zero attached hydrogens (tertiary/aromatic N) is 2. The molecule has 0 aliphatic rings. The Labute approximate surface area is 183 Å². The van der Waals surface area contributed by atoms with Gasteiger partial charge in [0.25, 0.3) is 5.91 Å². The highest BCUT2D eigenvalue weighted by molar-refractivity contribution is 7.16. The Morgan fingerprint density at radius 2 is 1.68 bits per heavy atom. The molecule has 3 rings (SSSR count). The van der Waals surface area contributed by atoms with Crippen LogP contribution in [0.15, 0.2) is 41.4 Å². The SMILES string of the molecule is CCOC(=O)Cn1c(=NC(=O)Cc2ccc(OC)cc2)sc2cc(OC)c(OC)cc21. The predicted octanol–water partition coefficient (Wildman–Crippen LogP) is 2.96. The first-order chi connectivity index (χ1) is 15.0. The summed E-state index contributed by atoms with van der Waals surface area (Å²) < 4.78 is 23.4. The van der Waals surface area contributed by atoms with Gasteiger partial charge in [0.1, 0.15) is 12.3 Å². The number of hydrogen-bond donors (Lipinski definition) is 0. The molecular weight excluding hydrogens is 420 g/mol. The van der Waals surface area contributed by atoms with Crippen molar-refractivity contribution < 1.29 is 28.5 Å². The molecule has 0 N–H and O–H groups in total.